The van der Waals surface area contributed by atoms with Crippen molar-refractivity contribution in [1.82, 2.24) is 9.80 Å². The van der Waals surface area contributed by atoms with Crippen LogP contribution in [0.25, 0.3) is 0 Å². The number of hydrogen-bond donors (Lipinski definition) is 1. The summed E-state index contributed by atoms with van der Waals surface area (Å²) in [6.45, 7) is 5.81. The first-order chi connectivity index (χ1) is 11.6. The van der Waals surface area contributed by atoms with Gasteiger partial charge in [0.2, 0.25) is 11.8 Å². The summed E-state index contributed by atoms with van der Waals surface area (Å²) in [4.78, 5) is 28.3. The third-order valence-corrected chi connectivity index (χ3v) is 6.40. The van der Waals surface area contributed by atoms with Crippen molar-refractivity contribution in [2.75, 3.05) is 44.3 Å². The second-order valence-electron chi connectivity index (χ2n) is 7.06. The van der Waals surface area contributed by atoms with Crippen molar-refractivity contribution >= 4 is 23.6 Å². The molecular weight excluding hydrogens is 324 g/mol. The van der Waals surface area contributed by atoms with Crippen LogP contribution >= 0.6 is 11.8 Å². The molecule has 2 saturated heterocycles. The van der Waals surface area contributed by atoms with E-state index in [-0.39, 0.29) is 18.4 Å². The molecule has 0 radical (unpaired) electrons. The molecule has 24 heavy (non-hydrogen) atoms. The van der Waals surface area contributed by atoms with E-state index < -0.39 is 0 Å². The van der Waals surface area contributed by atoms with Crippen LogP contribution in [0.2, 0.25) is 0 Å². The molecule has 138 valence electrons. The Morgan fingerprint density at radius 1 is 0.917 bits per heavy atom. The minimum absolute atomic E-state index is 0.153. The fraction of sp³-hybridized carbons (Fsp3) is 0.889. The fourth-order valence-electron chi connectivity index (χ4n) is 3.65. The first-order valence-corrected chi connectivity index (χ1v) is 10.5. The van der Waals surface area contributed by atoms with Gasteiger partial charge in [0.05, 0.1) is 11.5 Å². The van der Waals surface area contributed by atoms with Gasteiger partial charge in [-0.1, -0.05) is 13.3 Å². The Morgan fingerprint density at radius 3 is 1.79 bits per heavy atom. The number of likely N-dealkylation sites (tertiary alicyclic amines) is 2. The monoisotopic (exact) mass is 356 g/mol. The van der Waals surface area contributed by atoms with Crippen molar-refractivity contribution in [1.29, 1.82) is 0 Å². The van der Waals surface area contributed by atoms with Crippen molar-refractivity contribution in [3.63, 3.8) is 0 Å². The average molecular weight is 357 g/mol. The van der Waals surface area contributed by atoms with Crippen molar-refractivity contribution in [3.05, 3.63) is 0 Å². The molecule has 2 fully saturated rings. The topological polar surface area (TPSA) is 60.9 Å². The molecule has 1 N–H and O–H groups in total. The number of thioether (sulfide) groups is 1. The van der Waals surface area contributed by atoms with Gasteiger partial charge in [0.25, 0.3) is 0 Å². The molecule has 6 heteroatoms. The molecule has 5 nitrogen and oxygen atoms in total. The third kappa shape index (κ3) is 5.96. The second kappa shape index (κ2) is 10.3. The number of aliphatic hydroxyl groups is 1. The molecule has 2 rings (SSSR count). The van der Waals surface area contributed by atoms with Crippen molar-refractivity contribution in [2.24, 2.45) is 11.8 Å². The minimum Gasteiger partial charge on any atom is -0.396 e. The maximum Gasteiger partial charge on any atom is 0.232 e. The summed E-state index contributed by atoms with van der Waals surface area (Å²) < 4.78 is 0. The van der Waals surface area contributed by atoms with Crippen molar-refractivity contribution < 1.29 is 14.7 Å². The molecule has 2 aliphatic heterocycles. The fourth-order valence-corrected chi connectivity index (χ4v) is 4.47. The van der Waals surface area contributed by atoms with Crippen LogP contribution in [0.4, 0.5) is 0 Å². The number of carbonyl (C=O) groups is 2. The zero-order valence-corrected chi connectivity index (χ0v) is 15.7. The predicted octanol–water partition coefficient (Wildman–Crippen LogP) is 1.99. The van der Waals surface area contributed by atoms with Gasteiger partial charge in [0, 0.05) is 32.8 Å². The third-order valence-electron chi connectivity index (χ3n) is 5.50. The normalized spacial score (nSPS) is 20.4. The molecule has 0 aromatic heterocycles. The Kier molecular flexibility index (Phi) is 8.39. The molecule has 2 amide bonds. The van der Waals surface area contributed by atoms with E-state index in [0.29, 0.717) is 17.4 Å². The van der Waals surface area contributed by atoms with Crippen LogP contribution in [0.1, 0.15) is 45.4 Å². The predicted molar refractivity (Wildman–Crippen MR) is 97.9 cm³/mol. The van der Waals surface area contributed by atoms with Crippen LogP contribution in [0, 0.1) is 11.8 Å². The lowest BCUT2D eigenvalue weighted by molar-refractivity contribution is -0.130. The van der Waals surface area contributed by atoms with Crippen LogP contribution in [0.3, 0.4) is 0 Å². The van der Waals surface area contributed by atoms with Crippen LogP contribution in [-0.2, 0) is 9.59 Å². The highest BCUT2D eigenvalue weighted by atomic mass is 32.2. The second-order valence-corrected chi connectivity index (χ2v) is 8.05. The minimum atomic E-state index is 0.153. The average Bonchev–Trinajstić information content (AvgIpc) is 2.62. The van der Waals surface area contributed by atoms with Crippen LogP contribution < -0.4 is 0 Å². The number of rotatable bonds is 7. The number of piperidine rings is 2. The van der Waals surface area contributed by atoms with E-state index in [2.05, 4.69) is 6.92 Å². The Bertz CT molecular complexity index is 403. The number of aliphatic hydroxyl groups excluding tert-OH is 1. The molecule has 2 aliphatic rings. The molecule has 0 spiro atoms. The molecule has 0 unspecified atom stereocenters. The lowest BCUT2D eigenvalue weighted by Gasteiger charge is -2.32. The highest BCUT2D eigenvalue weighted by Gasteiger charge is 2.24. The van der Waals surface area contributed by atoms with Gasteiger partial charge in [-0.05, 0) is 43.9 Å². The Hall–Kier alpha value is -0.750. The molecule has 0 aromatic rings. The van der Waals surface area contributed by atoms with Gasteiger partial charge in [-0.15, -0.1) is 11.8 Å². The lowest BCUT2D eigenvalue weighted by Crippen LogP contribution is -2.41. The van der Waals surface area contributed by atoms with Gasteiger partial charge in [0.1, 0.15) is 0 Å². The zero-order valence-electron chi connectivity index (χ0n) is 14.9. The molecule has 0 aliphatic carbocycles. The molecule has 0 bridgehead atoms. The van der Waals surface area contributed by atoms with Gasteiger partial charge < -0.3 is 14.9 Å². The summed E-state index contributed by atoms with van der Waals surface area (Å²) in [5.41, 5.74) is 0. The van der Waals surface area contributed by atoms with Crippen LogP contribution in [0.15, 0.2) is 0 Å². The van der Waals surface area contributed by atoms with E-state index in [1.54, 1.807) is 0 Å². The van der Waals surface area contributed by atoms with Crippen molar-refractivity contribution in [2.45, 2.75) is 45.4 Å². The summed E-state index contributed by atoms with van der Waals surface area (Å²) in [6, 6.07) is 0. The first kappa shape index (κ1) is 19.6. The number of hydrogen-bond acceptors (Lipinski definition) is 4. The SMILES string of the molecule is CCC1CCN(C(=O)CSCC(=O)N2CCC(CCO)CC2)CC1. The van der Waals surface area contributed by atoms with Gasteiger partial charge in [0.15, 0.2) is 0 Å². The summed E-state index contributed by atoms with van der Waals surface area (Å²) in [5, 5.41) is 8.98. The summed E-state index contributed by atoms with van der Waals surface area (Å²) in [7, 11) is 0. The molecule has 0 aromatic carbocycles. The van der Waals surface area contributed by atoms with Crippen LogP contribution in [-0.4, -0.2) is 71.0 Å². The maximum atomic E-state index is 12.2. The van der Waals surface area contributed by atoms with E-state index in [9.17, 15) is 9.59 Å². The number of amides is 2. The number of nitrogens with zero attached hydrogens (tertiary/aromatic N) is 2. The van der Waals surface area contributed by atoms with Gasteiger partial charge >= 0.3 is 0 Å². The smallest absolute Gasteiger partial charge is 0.232 e. The Morgan fingerprint density at radius 2 is 1.38 bits per heavy atom. The molecular formula is C18H32N2O3S. The summed E-state index contributed by atoms with van der Waals surface area (Å²) in [5.74, 6) is 2.49. The van der Waals surface area contributed by atoms with E-state index in [0.717, 1.165) is 64.2 Å². The van der Waals surface area contributed by atoms with E-state index in [4.69, 9.17) is 5.11 Å². The number of carbonyl (C=O) groups excluding carboxylic acids is 2. The summed E-state index contributed by atoms with van der Waals surface area (Å²) >= 11 is 1.45. The van der Waals surface area contributed by atoms with Crippen molar-refractivity contribution in [3.8, 4) is 0 Å². The molecule has 0 atom stereocenters. The Labute approximate surface area is 150 Å². The first-order valence-electron chi connectivity index (χ1n) is 9.38. The largest absolute Gasteiger partial charge is 0.396 e. The lowest BCUT2D eigenvalue weighted by atomic mass is 9.94. The molecule has 2 heterocycles. The highest BCUT2D eigenvalue weighted by molar-refractivity contribution is 8.00. The maximum absolute atomic E-state index is 12.2. The van der Waals surface area contributed by atoms with E-state index in [1.807, 2.05) is 9.80 Å². The van der Waals surface area contributed by atoms with Gasteiger partial charge in [-0.3, -0.25) is 9.59 Å². The van der Waals surface area contributed by atoms with Crippen LogP contribution in [0.5, 0.6) is 0 Å². The standard InChI is InChI=1S/C18H32N2O3S/c1-2-15-3-8-19(9-4-15)17(22)13-24-14-18(23)20-10-5-16(6-11-20)7-12-21/h15-16,21H,2-14H2,1H3. The van der Waals surface area contributed by atoms with Gasteiger partial charge in [-0.25, -0.2) is 0 Å². The van der Waals surface area contributed by atoms with E-state index in [1.165, 1.54) is 18.2 Å². The quantitative estimate of drug-likeness (QED) is 0.758. The molecule has 0 saturated carbocycles. The summed E-state index contributed by atoms with van der Waals surface area (Å²) in [6.07, 6.45) is 6.27. The highest BCUT2D eigenvalue weighted by Crippen LogP contribution is 2.22. The van der Waals surface area contributed by atoms with E-state index >= 15 is 0 Å². The van der Waals surface area contributed by atoms with Gasteiger partial charge in [-0.2, -0.15) is 0 Å². The zero-order chi connectivity index (χ0) is 17.4. The Balaban J connectivity index is 1.60.